The fourth-order valence-corrected chi connectivity index (χ4v) is 8.57. The van der Waals surface area contributed by atoms with Crippen molar-refractivity contribution in [2.24, 2.45) is 0 Å². The molecule has 14 nitrogen and oxygen atoms in total. The molecule has 2 heterocycles. The first-order valence-corrected chi connectivity index (χ1v) is 28.7. The van der Waals surface area contributed by atoms with Gasteiger partial charge in [-0.05, 0) is 64.2 Å². The van der Waals surface area contributed by atoms with Crippen molar-refractivity contribution < 1.29 is 69.0 Å². The third-order valence-corrected chi connectivity index (χ3v) is 13.2. The quantitative estimate of drug-likeness (QED) is 0.0172. The lowest BCUT2D eigenvalue weighted by molar-refractivity contribution is -0.332. The predicted octanol–water partition coefficient (Wildman–Crippen LogP) is 10.0. The molecule has 2 aliphatic rings. The summed E-state index contributed by atoms with van der Waals surface area (Å²) in [7, 11) is 0. The van der Waals surface area contributed by atoms with Gasteiger partial charge in [-0.1, -0.05) is 202 Å². The number of rotatable bonds is 45. The minimum absolute atomic E-state index is 0.0358. The van der Waals surface area contributed by atoms with E-state index < -0.39 is 86.7 Å². The number of hydrogen-bond donors (Lipinski definition) is 7. The monoisotopic (exact) mass is 1050 g/mol. The molecule has 11 unspecified atom stereocenters. The summed E-state index contributed by atoms with van der Waals surface area (Å²) in [5.41, 5.74) is 0. The predicted molar refractivity (Wildman–Crippen MR) is 293 cm³/mol. The number of carbonyl (C=O) groups excluding carboxylic acids is 1. The average molecular weight is 1050 g/mol. The lowest BCUT2D eigenvalue weighted by Crippen LogP contribution is -2.61. The van der Waals surface area contributed by atoms with Gasteiger partial charge in [-0.2, -0.15) is 0 Å². The maximum atomic E-state index is 13.0. The smallest absolute Gasteiger partial charge is 0.306 e. The molecular weight excluding hydrogens is 945 g/mol. The summed E-state index contributed by atoms with van der Waals surface area (Å²) in [5, 5.41) is 72.3. The van der Waals surface area contributed by atoms with Crippen molar-refractivity contribution in [2.45, 2.75) is 255 Å². The second-order valence-corrected chi connectivity index (χ2v) is 19.7. The standard InChI is InChI=1S/C60H102O14/c1-3-5-7-9-11-13-15-17-19-21-22-23-24-25-26-27-29-31-33-35-37-39-41-43-52(62)72-49(46-69-44-42-40-38-36-34-32-30-28-20-18-16-14-12-10-8-6-4-2)47-70-59-58(68)56(66)54(64)51(74-59)48-71-60-57(67)55(65)53(63)50(45-61)73-60/h5,7,11,13,17,19,22-23,25-26,29,31,35,37,49-51,53-61,63-68H,3-4,6,8-10,12,14-16,18,20-21,24,27-28,30,32-34,36,38-48H2,1-2H3/b7-5-,13-11-,19-17-,23-22-,26-25-,31-29-,37-35-. The van der Waals surface area contributed by atoms with Gasteiger partial charge in [-0.15, -0.1) is 0 Å². The zero-order valence-corrected chi connectivity index (χ0v) is 45.5. The van der Waals surface area contributed by atoms with Crippen LogP contribution in [0.2, 0.25) is 0 Å². The number of aliphatic hydroxyl groups is 7. The molecule has 11 atom stereocenters. The van der Waals surface area contributed by atoms with E-state index in [2.05, 4.69) is 98.9 Å². The Bertz CT molecular complexity index is 1540. The highest BCUT2D eigenvalue weighted by Crippen LogP contribution is 2.26. The van der Waals surface area contributed by atoms with Crippen LogP contribution in [-0.4, -0.2) is 142 Å². The molecule has 0 saturated carbocycles. The summed E-state index contributed by atoms with van der Waals surface area (Å²) in [6, 6.07) is 0. The first-order chi connectivity index (χ1) is 36.1. The van der Waals surface area contributed by atoms with Crippen molar-refractivity contribution in [3.05, 3.63) is 85.1 Å². The van der Waals surface area contributed by atoms with E-state index in [0.717, 1.165) is 64.2 Å². The van der Waals surface area contributed by atoms with E-state index in [0.29, 0.717) is 19.4 Å². The molecular formula is C60H102O14. The lowest BCUT2D eigenvalue weighted by atomic mass is 9.98. The Balaban J connectivity index is 1.76. The summed E-state index contributed by atoms with van der Waals surface area (Å²) in [6.45, 7) is 3.51. The van der Waals surface area contributed by atoms with Crippen LogP contribution < -0.4 is 0 Å². The Hall–Kier alpha value is -2.83. The maximum absolute atomic E-state index is 13.0. The van der Waals surface area contributed by atoms with E-state index in [1.54, 1.807) is 0 Å². The van der Waals surface area contributed by atoms with E-state index in [1.807, 2.05) is 0 Å². The summed E-state index contributed by atoms with van der Waals surface area (Å²) in [6.07, 6.45) is 43.6. The summed E-state index contributed by atoms with van der Waals surface area (Å²) >= 11 is 0. The van der Waals surface area contributed by atoms with Crippen LogP contribution in [0, 0.1) is 0 Å². The highest BCUT2D eigenvalue weighted by atomic mass is 16.7. The molecule has 0 bridgehead atoms. The zero-order chi connectivity index (χ0) is 53.7. The molecule has 0 aromatic heterocycles. The van der Waals surface area contributed by atoms with Gasteiger partial charge in [0.15, 0.2) is 12.6 Å². The SMILES string of the molecule is CC/C=C\C/C=C\C/C=C\C/C=C\C/C=C\C/C=C\C/C=C\CCCC(=O)OC(COCCCCCCCCCCCCCCCCCCC)COC1OC(COC2OC(CO)C(O)C(O)C2O)C(O)C(O)C1O. The normalized spacial score (nSPS) is 25.4. The van der Waals surface area contributed by atoms with Crippen LogP contribution in [0.5, 0.6) is 0 Å². The number of ether oxygens (including phenoxy) is 6. The van der Waals surface area contributed by atoms with Crippen molar-refractivity contribution in [3.8, 4) is 0 Å². The zero-order valence-electron chi connectivity index (χ0n) is 45.5. The second-order valence-electron chi connectivity index (χ2n) is 19.7. The molecule has 2 fully saturated rings. The van der Waals surface area contributed by atoms with Crippen molar-refractivity contribution >= 4 is 5.97 Å². The van der Waals surface area contributed by atoms with Crippen LogP contribution in [0.3, 0.4) is 0 Å². The molecule has 74 heavy (non-hydrogen) atoms. The van der Waals surface area contributed by atoms with Crippen LogP contribution in [-0.2, 0) is 33.2 Å². The van der Waals surface area contributed by atoms with Gasteiger partial charge in [0.1, 0.15) is 54.9 Å². The van der Waals surface area contributed by atoms with Gasteiger partial charge in [0.05, 0.1) is 26.4 Å². The first-order valence-electron chi connectivity index (χ1n) is 28.7. The summed E-state index contributed by atoms with van der Waals surface area (Å²) < 4.78 is 34.3. The minimum Gasteiger partial charge on any atom is -0.457 e. The van der Waals surface area contributed by atoms with E-state index in [-0.39, 0.29) is 19.6 Å². The van der Waals surface area contributed by atoms with E-state index >= 15 is 0 Å². The highest BCUT2D eigenvalue weighted by Gasteiger charge is 2.47. The van der Waals surface area contributed by atoms with E-state index in [9.17, 15) is 40.5 Å². The van der Waals surface area contributed by atoms with Gasteiger partial charge in [0.2, 0.25) is 0 Å². The highest BCUT2D eigenvalue weighted by molar-refractivity contribution is 5.69. The van der Waals surface area contributed by atoms with Gasteiger partial charge >= 0.3 is 5.97 Å². The third kappa shape index (κ3) is 32.7. The van der Waals surface area contributed by atoms with Gasteiger partial charge in [0, 0.05) is 13.0 Å². The lowest BCUT2D eigenvalue weighted by Gasteiger charge is -2.42. The van der Waals surface area contributed by atoms with Crippen molar-refractivity contribution in [1.29, 1.82) is 0 Å². The number of carbonyl (C=O) groups is 1. The Morgan fingerprint density at radius 3 is 1.32 bits per heavy atom. The van der Waals surface area contributed by atoms with Gasteiger partial charge < -0.3 is 64.2 Å². The molecule has 0 aliphatic carbocycles. The molecule has 7 N–H and O–H groups in total. The fourth-order valence-electron chi connectivity index (χ4n) is 8.57. The van der Waals surface area contributed by atoms with Crippen LogP contribution in [0.4, 0.5) is 0 Å². The van der Waals surface area contributed by atoms with Crippen molar-refractivity contribution in [1.82, 2.24) is 0 Å². The molecule has 0 aromatic rings. The molecule has 2 aliphatic heterocycles. The van der Waals surface area contributed by atoms with Crippen LogP contribution in [0.1, 0.15) is 187 Å². The third-order valence-electron chi connectivity index (χ3n) is 13.2. The Kier molecular flexibility index (Phi) is 42.1. The van der Waals surface area contributed by atoms with Crippen LogP contribution in [0.15, 0.2) is 85.1 Å². The van der Waals surface area contributed by atoms with E-state index in [4.69, 9.17) is 28.4 Å². The topological polar surface area (TPSA) is 214 Å². The largest absolute Gasteiger partial charge is 0.457 e. The number of aliphatic hydroxyl groups excluding tert-OH is 7. The summed E-state index contributed by atoms with van der Waals surface area (Å²) in [5.74, 6) is -0.434. The number of unbranched alkanes of at least 4 members (excludes halogenated alkanes) is 17. The molecule has 2 rings (SSSR count). The Morgan fingerprint density at radius 2 is 0.865 bits per heavy atom. The van der Waals surface area contributed by atoms with Crippen molar-refractivity contribution in [2.75, 3.05) is 33.0 Å². The molecule has 426 valence electrons. The second kappa shape index (κ2) is 46.3. The molecule has 2 saturated heterocycles. The summed E-state index contributed by atoms with van der Waals surface area (Å²) in [4.78, 5) is 13.0. The molecule has 0 spiro atoms. The van der Waals surface area contributed by atoms with Crippen LogP contribution >= 0.6 is 0 Å². The molecule has 0 radical (unpaired) electrons. The van der Waals surface area contributed by atoms with Crippen LogP contribution in [0.25, 0.3) is 0 Å². The average Bonchev–Trinajstić information content (AvgIpc) is 3.40. The van der Waals surface area contributed by atoms with Gasteiger partial charge in [-0.3, -0.25) is 4.79 Å². The number of hydrogen-bond acceptors (Lipinski definition) is 14. The number of allylic oxidation sites excluding steroid dienone is 14. The first kappa shape index (κ1) is 67.3. The minimum atomic E-state index is -1.72. The molecule has 0 amide bonds. The molecule has 14 heteroatoms. The Morgan fingerprint density at radius 1 is 0.459 bits per heavy atom. The van der Waals surface area contributed by atoms with Crippen molar-refractivity contribution in [3.63, 3.8) is 0 Å². The molecule has 0 aromatic carbocycles. The van der Waals surface area contributed by atoms with E-state index in [1.165, 1.54) is 89.9 Å². The number of esters is 1. The maximum Gasteiger partial charge on any atom is 0.306 e. The van der Waals surface area contributed by atoms with Gasteiger partial charge in [-0.25, -0.2) is 0 Å². The van der Waals surface area contributed by atoms with Gasteiger partial charge in [0.25, 0.3) is 0 Å². The Labute approximate surface area is 446 Å². The fraction of sp³-hybridized carbons (Fsp3) is 0.750.